The van der Waals surface area contributed by atoms with Crippen molar-refractivity contribution in [3.63, 3.8) is 0 Å². The Bertz CT molecular complexity index is 673. The van der Waals surface area contributed by atoms with E-state index in [0.29, 0.717) is 11.1 Å². The fourth-order valence-corrected chi connectivity index (χ4v) is 2.09. The summed E-state index contributed by atoms with van der Waals surface area (Å²) in [5.74, 6) is 0. The molecule has 2 aromatic rings. The maximum absolute atomic E-state index is 12.4. The number of benzene rings is 1. The molecular weight excluding hydrogens is 287 g/mol. The fraction of sp³-hybridized carbons (Fsp3) is 0.308. The lowest BCUT2D eigenvalue weighted by Gasteiger charge is -2.18. The number of nitro benzene ring substituents is 1. The van der Waals surface area contributed by atoms with Crippen molar-refractivity contribution in [2.24, 2.45) is 0 Å². The molecule has 0 fully saturated rings. The van der Waals surface area contributed by atoms with Gasteiger partial charge in [0.15, 0.2) is 0 Å². The van der Waals surface area contributed by atoms with Crippen LogP contribution in [0.25, 0.3) is 10.9 Å². The predicted molar refractivity (Wildman–Crippen MR) is 72.2 cm³/mol. The Labute approximate surface area is 117 Å². The molecule has 2 rings (SSSR count). The van der Waals surface area contributed by atoms with E-state index in [9.17, 15) is 23.3 Å². The second-order valence-electron chi connectivity index (χ2n) is 4.65. The molecular formula is C13H12F3N3O2. The van der Waals surface area contributed by atoms with Gasteiger partial charge >= 0.3 is 6.18 Å². The maximum Gasteiger partial charge on any atom is 0.391 e. The third kappa shape index (κ3) is 3.59. The van der Waals surface area contributed by atoms with E-state index in [2.05, 4.69) is 10.3 Å². The largest absolute Gasteiger partial charge is 0.391 e. The van der Waals surface area contributed by atoms with Gasteiger partial charge in [-0.05, 0) is 25.1 Å². The number of hydrogen-bond acceptors (Lipinski definition) is 4. The van der Waals surface area contributed by atoms with Crippen LogP contribution in [0.15, 0.2) is 30.5 Å². The number of rotatable bonds is 4. The third-order valence-electron chi connectivity index (χ3n) is 2.88. The van der Waals surface area contributed by atoms with E-state index in [0.717, 1.165) is 0 Å². The number of aromatic nitrogens is 1. The zero-order valence-electron chi connectivity index (χ0n) is 11.0. The van der Waals surface area contributed by atoms with Gasteiger partial charge in [-0.3, -0.25) is 10.1 Å². The number of pyridine rings is 1. The Kier molecular flexibility index (Phi) is 3.97. The first-order chi connectivity index (χ1) is 9.78. The summed E-state index contributed by atoms with van der Waals surface area (Å²) < 4.78 is 37.1. The first-order valence-electron chi connectivity index (χ1n) is 6.13. The highest BCUT2D eigenvalue weighted by Gasteiger charge is 2.30. The molecule has 0 saturated carbocycles. The first-order valence-corrected chi connectivity index (χ1v) is 6.13. The molecule has 0 radical (unpaired) electrons. The lowest BCUT2D eigenvalue weighted by Crippen LogP contribution is -2.24. The Hall–Kier alpha value is -2.38. The molecule has 0 bridgehead atoms. The zero-order valence-corrected chi connectivity index (χ0v) is 11.0. The minimum absolute atomic E-state index is 0.145. The number of nitro groups is 1. The quantitative estimate of drug-likeness (QED) is 0.687. The van der Waals surface area contributed by atoms with E-state index in [4.69, 9.17) is 0 Å². The molecule has 0 aliphatic heterocycles. The van der Waals surface area contributed by atoms with Crippen LogP contribution in [-0.2, 0) is 0 Å². The number of nitrogens with zero attached hydrogens (tertiary/aromatic N) is 2. The van der Waals surface area contributed by atoms with Crippen LogP contribution in [-0.4, -0.2) is 22.1 Å². The summed E-state index contributed by atoms with van der Waals surface area (Å²) in [7, 11) is 0. The van der Waals surface area contributed by atoms with Crippen molar-refractivity contribution >= 4 is 22.3 Å². The predicted octanol–water partition coefficient (Wildman–Crippen LogP) is 3.90. The second kappa shape index (κ2) is 5.55. The molecule has 1 N–H and O–H groups in total. The van der Waals surface area contributed by atoms with Crippen LogP contribution >= 0.6 is 0 Å². The SMILES string of the molecule is CC(CC(F)(F)F)Nc1ccc([N+](=O)[O-])c2ncccc12. The molecule has 1 heterocycles. The average molecular weight is 299 g/mol. The Balaban J connectivity index is 2.38. The zero-order chi connectivity index (χ0) is 15.6. The summed E-state index contributed by atoms with van der Waals surface area (Å²) in [6.45, 7) is 1.40. The monoisotopic (exact) mass is 299 g/mol. The van der Waals surface area contributed by atoms with Crippen molar-refractivity contribution < 1.29 is 18.1 Å². The number of nitrogens with one attached hydrogen (secondary N) is 1. The smallest absolute Gasteiger partial charge is 0.382 e. The van der Waals surface area contributed by atoms with Crippen molar-refractivity contribution in [2.75, 3.05) is 5.32 Å². The van der Waals surface area contributed by atoms with Gasteiger partial charge in [-0.1, -0.05) is 0 Å². The summed E-state index contributed by atoms with van der Waals surface area (Å²) >= 11 is 0. The molecule has 21 heavy (non-hydrogen) atoms. The first kappa shape index (κ1) is 15.0. The minimum atomic E-state index is -4.28. The molecule has 0 saturated heterocycles. The highest BCUT2D eigenvalue weighted by atomic mass is 19.4. The summed E-state index contributed by atoms with van der Waals surface area (Å²) in [5.41, 5.74) is 0.354. The van der Waals surface area contributed by atoms with Crippen LogP contribution in [0.5, 0.6) is 0 Å². The van der Waals surface area contributed by atoms with Crippen molar-refractivity contribution in [1.82, 2.24) is 4.98 Å². The van der Waals surface area contributed by atoms with E-state index in [1.807, 2.05) is 0 Å². The van der Waals surface area contributed by atoms with Crippen LogP contribution in [0.4, 0.5) is 24.5 Å². The summed E-state index contributed by atoms with van der Waals surface area (Å²) in [6.07, 6.45) is -3.87. The lowest BCUT2D eigenvalue weighted by atomic mass is 10.1. The molecule has 1 unspecified atom stereocenters. The number of alkyl halides is 3. The molecule has 0 aliphatic rings. The Morgan fingerprint density at radius 2 is 2.10 bits per heavy atom. The topological polar surface area (TPSA) is 68.1 Å². The number of anilines is 1. The molecule has 0 spiro atoms. The van der Waals surface area contributed by atoms with Gasteiger partial charge in [0.25, 0.3) is 5.69 Å². The van der Waals surface area contributed by atoms with E-state index in [1.54, 1.807) is 12.1 Å². The van der Waals surface area contributed by atoms with Crippen LogP contribution in [0.1, 0.15) is 13.3 Å². The van der Waals surface area contributed by atoms with Gasteiger partial charge in [0.1, 0.15) is 5.52 Å². The van der Waals surface area contributed by atoms with Gasteiger partial charge in [-0.15, -0.1) is 0 Å². The van der Waals surface area contributed by atoms with E-state index >= 15 is 0 Å². The van der Waals surface area contributed by atoms with Gasteiger partial charge in [-0.2, -0.15) is 13.2 Å². The van der Waals surface area contributed by atoms with E-state index < -0.39 is 23.6 Å². The molecule has 1 aromatic heterocycles. The van der Waals surface area contributed by atoms with Gasteiger partial charge in [0.05, 0.1) is 11.3 Å². The van der Waals surface area contributed by atoms with Crippen LogP contribution in [0.2, 0.25) is 0 Å². The second-order valence-corrected chi connectivity index (χ2v) is 4.65. The number of non-ortho nitro benzene ring substituents is 1. The van der Waals surface area contributed by atoms with Crippen LogP contribution < -0.4 is 5.32 Å². The molecule has 0 aliphatic carbocycles. The molecule has 1 atom stereocenters. The van der Waals surface area contributed by atoms with Crippen molar-refractivity contribution in [3.05, 3.63) is 40.6 Å². The highest BCUT2D eigenvalue weighted by molar-refractivity contribution is 5.96. The Morgan fingerprint density at radius 3 is 2.71 bits per heavy atom. The molecule has 8 heteroatoms. The normalized spacial score (nSPS) is 13.1. The van der Waals surface area contributed by atoms with Gasteiger partial charge in [0.2, 0.25) is 0 Å². The van der Waals surface area contributed by atoms with Gasteiger partial charge in [0, 0.05) is 29.4 Å². The summed E-state index contributed by atoms with van der Waals surface area (Å²) in [6, 6.07) is 4.94. The van der Waals surface area contributed by atoms with E-state index in [-0.39, 0.29) is 11.2 Å². The number of fused-ring (bicyclic) bond motifs is 1. The standard InChI is InChI=1S/C13H12F3N3O2/c1-8(7-13(14,15)16)18-10-4-5-11(19(20)21)12-9(10)3-2-6-17-12/h2-6,8,18H,7H2,1H3. The van der Waals surface area contributed by atoms with Gasteiger partial charge < -0.3 is 5.32 Å². The Morgan fingerprint density at radius 1 is 1.38 bits per heavy atom. The third-order valence-corrected chi connectivity index (χ3v) is 2.88. The summed E-state index contributed by atoms with van der Waals surface area (Å²) in [5, 5.41) is 14.1. The molecule has 112 valence electrons. The molecule has 1 aromatic carbocycles. The van der Waals surface area contributed by atoms with E-state index in [1.165, 1.54) is 25.3 Å². The lowest BCUT2D eigenvalue weighted by molar-refractivity contribution is -0.383. The average Bonchev–Trinajstić information content (AvgIpc) is 2.36. The summed E-state index contributed by atoms with van der Waals surface area (Å²) in [4.78, 5) is 14.3. The van der Waals surface area contributed by atoms with Crippen molar-refractivity contribution in [3.8, 4) is 0 Å². The molecule has 5 nitrogen and oxygen atoms in total. The number of hydrogen-bond donors (Lipinski definition) is 1. The van der Waals surface area contributed by atoms with Crippen molar-refractivity contribution in [2.45, 2.75) is 25.6 Å². The van der Waals surface area contributed by atoms with Crippen LogP contribution in [0.3, 0.4) is 0 Å². The minimum Gasteiger partial charge on any atom is -0.382 e. The number of halogens is 3. The van der Waals surface area contributed by atoms with Crippen LogP contribution in [0, 0.1) is 10.1 Å². The van der Waals surface area contributed by atoms with Crippen molar-refractivity contribution in [1.29, 1.82) is 0 Å². The highest BCUT2D eigenvalue weighted by Crippen LogP contribution is 2.31. The fourth-order valence-electron chi connectivity index (χ4n) is 2.09. The maximum atomic E-state index is 12.4. The van der Waals surface area contributed by atoms with Gasteiger partial charge in [-0.25, -0.2) is 4.98 Å². The molecule has 0 amide bonds.